The van der Waals surface area contributed by atoms with Gasteiger partial charge in [0.15, 0.2) is 0 Å². The van der Waals surface area contributed by atoms with E-state index in [4.69, 9.17) is 4.74 Å². The van der Waals surface area contributed by atoms with Crippen LogP contribution in [0.15, 0.2) is 54.6 Å². The van der Waals surface area contributed by atoms with E-state index in [-0.39, 0.29) is 17.1 Å². The van der Waals surface area contributed by atoms with Crippen LogP contribution in [0.4, 0.5) is 4.79 Å². The number of β-amino-alcohol motifs (C(OH)–C–C–N with tert-alkyl or cyclic N) is 1. The fraction of sp³-hybridized carbons (Fsp3) is 0.519. The lowest BCUT2D eigenvalue weighted by Crippen LogP contribution is -2.56. The zero-order chi connectivity index (χ0) is 23.6. The fourth-order valence-corrected chi connectivity index (χ4v) is 5.79. The highest BCUT2D eigenvalue weighted by molar-refractivity contribution is 5.78. The number of hydrogen-bond donors (Lipinski definition) is 1. The van der Waals surface area contributed by atoms with Gasteiger partial charge in [0, 0.05) is 25.2 Å². The number of aliphatic hydroxyl groups excluding tert-OH is 1. The van der Waals surface area contributed by atoms with Gasteiger partial charge in [0.1, 0.15) is 5.75 Å². The van der Waals surface area contributed by atoms with E-state index in [9.17, 15) is 9.90 Å². The van der Waals surface area contributed by atoms with Crippen LogP contribution in [0.1, 0.15) is 43.7 Å². The summed E-state index contributed by atoms with van der Waals surface area (Å²) in [4.78, 5) is 19.8. The molecule has 2 aliphatic rings. The van der Waals surface area contributed by atoms with E-state index in [2.05, 4.69) is 49.3 Å². The van der Waals surface area contributed by atoms with Crippen molar-refractivity contribution in [1.82, 2.24) is 14.7 Å². The normalized spacial score (nSPS) is 26.3. The van der Waals surface area contributed by atoms with E-state index < -0.39 is 6.10 Å². The first-order chi connectivity index (χ1) is 15.8. The summed E-state index contributed by atoms with van der Waals surface area (Å²) >= 11 is 0. The van der Waals surface area contributed by atoms with E-state index in [1.165, 1.54) is 5.56 Å². The molecule has 1 spiro atoms. The van der Waals surface area contributed by atoms with E-state index in [0.29, 0.717) is 19.6 Å². The molecule has 0 aromatic heterocycles. The number of rotatable bonds is 7. The molecule has 1 heterocycles. The Labute approximate surface area is 197 Å². The molecule has 4 rings (SSSR count). The quantitative estimate of drug-likeness (QED) is 0.689. The van der Waals surface area contributed by atoms with Gasteiger partial charge in [-0.15, -0.1) is 0 Å². The topological polar surface area (TPSA) is 56.3 Å². The van der Waals surface area contributed by atoms with Crippen LogP contribution >= 0.6 is 0 Å². The summed E-state index contributed by atoms with van der Waals surface area (Å²) in [7, 11) is 5.98. The van der Waals surface area contributed by atoms with Crippen molar-refractivity contribution in [2.24, 2.45) is 0 Å². The smallest absolute Gasteiger partial charge is 0.321 e. The minimum atomic E-state index is -0.554. The van der Waals surface area contributed by atoms with Crippen LogP contribution in [-0.2, 0) is 12.1 Å². The average molecular weight is 452 g/mol. The second-order valence-electron chi connectivity index (χ2n) is 9.96. The summed E-state index contributed by atoms with van der Waals surface area (Å²) in [5, 5.41) is 10.2. The summed E-state index contributed by atoms with van der Waals surface area (Å²) in [6.45, 7) is 3.41. The molecule has 0 bridgehead atoms. The van der Waals surface area contributed by atoms with Gasteiger partial charge < -0.3 is 19.6 Å². The van der Waals surface area contributed by atoms with Crippen molar-refractivity contribution < 1.29 is 14.6 Å². The molecule has 1 aliphatic carbocycles. The van der Waals surface area contributed by atoms with Crippen molar-refractivity contribution in [2.75, 3.05) is 34.3 Å². The van der Waals surface area contributed by atoms with Crippen molar-refractivity contribution in [3.8, 4) is 5.75 Å². The average Bonchev–Trinajstić information content (AvgIpc) is 3.05. The number of benzene rings is 2. The van der Waals surface area contributed by atoms with Crippen LogP contribution in [0.25, 0.3) is 0 Å². The predicted octanol–water partition coefficient (Wildman–Crippen LogP) is 4.08. The van der Waals surface area contributed by atoms with E-state index >= 15 is 0 Å². The number of urea groups is 1. The Bertz CT molecular complexity index is 935. The molecule has 1 saturated carbocycles. The minimum absolute atomic E-state index is 0.0313. The number of hydrogen-bond acceptors (Lipinski definition) is 4. The summed E-state index contributed by atoms with van der Waals surface area (Å²) in [6.07, 6.45) is 3.23. The molecule has 2 fully saturated rings. The summed E-state index contributed by atoms with van der Waals surface area (Å²) in [5.41, 5.74) is 2.15. The summed E-state index contributed by atoms with van der Waals surface area (Å²) < 4.78 is 5.27. The van der Waals surface area contributed by atoms with Crippen LogP contribution in [0.5, 0.6) is 5.75 Å². The molecular formula is C27H37N3O3. The Morgan fingerprint density at radius 1 is 1.03 bits per heavy atom. The van der Waals surface area contributed by atoms with Gasteiger partial charge in [0.25, 0.3) is 0 Å². The Kier molecular flexibility index (Phi) is 6.68. The number of methoxy groups -OCH3 is 1. The van der Waals surface area contributed by atoms with E-state index in [0.717, 1.165) is 37.0 Å². The standard InChI is InChI=1S/C27H37N3O3/c1-21(31)18-30-25(32)29(19-22-10-12-24(33-4)13-11-22)20-26(30)14-16-27(17-15-26,28(2)3)23-8-6-5-7-9-23/h5-13,21,31H,14-20H2,1-4H3/t21-,26-,27+/m1/s1. The van der Waals surface area contributed by atoms with Crippen molar-refractivity contribution in [1.29, 1.82) is 0 Å². The van der Waals surface area contributed by atoms with Crippen LogP contribution in [0.2, 0.25) is 0 Å². The Morgan fingerprint density at radius 2 is 1.67 bits per heavy atom. The van der Waals surface area contributed by atoms with Crippen molar-refractivity contribution in [3.05, 3.63) is 65.7 Å². The SMILES string of the molecule is COc1ccc(CN2C[C@]3(CC[C@](c4ccccc4)(N(C)C)CC3)N(C[C@@H](C)O)C2=O)cc1. The predicted molar refractivity (Wildman–Crippen MR) is 130 cm³/mol. The fourth-order valence-electron chi connectivity index (χ4n) is 5.79. The Hall–Kier alpha value is -2.57. The van der Waals surface area contributed by atoms with Crippen LogP contribution in [0, 0.1) is 0 Å². The van der Waals surface area contributed by atoms with Crippen molar-refractivity contribution in [2.45, 2.75) is 56.3 Å². The lowest BCUT2D eigenvalue weighted by Gasteiger charge is -2.51. The molecule has 33 heavy (non-hydrogen) atoms. The Balaban J connectivity index is 1.57. The van der Waals surface area contributed by atoms with Crippen LogP contribution in [-0.4, -0.2) is 71.8 Å². The Morgan fingerprint density at radius 3 is 2.21 bits per heavy atom. The second-order valence-corrected chi connectivity index (χ2v) is 9.96. The lowest BCUT2D eigenvalue weighted by molar-refractivity contribution is 0.0119. The number of aliphatic hydroxyl groups is 1. The third-order valence-corrected chi connectivity index (χ3v) is 7.71. The molecule has 1 atom stereocenters. The van der Waals surface area contributed by atoms with E-state index in [1.54, 1.807) is 14.0 Å². The summed E-state index contributed by atoms with van der Waals surface area (Å²) in [6, 6.07) is 18.7. The molecule has 0 radical (unpaired) electrons. The van der Waals surface area contributed by atoms with Gasteiger partial charge in [-0.2, -0.15) is 0 Å². The molecule has 6 heteroatoms. The highest BCUT2D eigenvalue weighted by Crippen LogP contribution is 2.49. The molecule has 6 nitrogen and oxygen atoms in total. The number of carbonyl (C=O) groups is 1. The number of amides is 2. The van der Waals surface area contributed by atoms with Crippen molar-refractivity contribution in [3.63, 3.8) is 0 Å². The molecule has 1 saturated heterocycles. The molecule has 1 aliphatic heterocycles. The second kappa shape index (κ2) is 9.35. The molecule has 0 unspecified atom stereocenters. The maximum Gasteiger partial charge on any atom is 0.321 e. The van der Waals surface area contributed by atoms with Gasteiger partial charge in [0.2, 0.25) is 0 Å². The number of ether oxygens (including phenoxy) is 1. The monoisotopic (exact) mass is 451 g/mol. The van der Waals surface area contributed by atoms with Crippen LogP contribution in [0.3, 0.4) is 0 Å². The van der Waals surface area contributed by atoms with Crippen LogP contribution < -0.4 is 4.74 Å². The first kappa shape index (κ1) is 23.6. The maximum absolute atomic E-state index is 13.5. The molecule has 178 valence electrons. The first-order valence-corrected chi connectivity index (χ1v) is 11.9. The maximum atomic E-state index is 13.5. The lowest BCUT2D eigenvalue weighted by atomic mass is 9.68. The van der Waals surface area contributed by atoms with Gasteiger partial charge in [-0.1, -0.05) is 42.5 Å². The molecule has 2 aromatic carbocycles. The van der Waals surface area contributed by atoms with Gasteiger partial charge >= 0.3 is 6.03 Å². The third-order valence-electron chi connectivity index (χ3n) is 7.71. The minimum Gasteiger partial charge on any atom is -0.497 e. The highest BCUT2D eigenvalue weighted by Gasteiger charge is 2.54. The first-order valence-electron chi connectivity index (χ1n) is 11.9. The molecule has 1 N–H and O–H groups in total. The molecule has 2 aromatic rings. The summed E-state index contributed by atoms with van der Waals surface area (Å²) in [5.74, 6) is 0.812. The third kappa shape index (κ3) is 4.46. The van der Waals surface area contributed by atoms with E-state index in [1.807, 2.05) is 34.1 Å². The molecule has 2 amide bonds. The number of nitrogens with zero attached hydrogens (tertiary/aromatic N) is 3. The zero-order valence-electron chi connectivity index (χ0n) is 20.3. The molecular weight excluding hydrogens is 414 g/mol. The highest BCUT2D eigenvalue weighted by atomic mass is 16.5. The van der Waals surface area contributed by atoms with Gasteiger partial charge in [-0.05, 0) is 70.0 Å². The van der Waals surface area contributed by atoms with Crippen molar-refractivity contribution >= 4 is 6.03 Å². The van der Waals surface area contributed by atoms with Gasteiger partial charge in [-0.3, -0.25) is 4.90 Å². The largest absolute Gasteiger partial charge is 0.497 e. The zero-order valence-corrected chi connectivity index (χ0v) is 20.3. The van der Waals surface area contributed by atoms with Gasteiger partial charge in [0.05, 0.1) is 18.8 Å². The van der Waals surface area contributed by atoms with Gasteiger partial charge in [-0.25, -0.2) is 4.79 Å². The number of carbonyl (C=O) groups excluding carboxylic acids is 1.